The zero-order valence-electron chi connectivity index (χ0n) is 15.0. The van der Waals surface area contributed by atoms with Crippen molar-refractivity contribution in [2.75, 3.05) is 37.7 Å². The van der Waals surface area contributed by atoms with Crippen LogP contribution >= 0.6 is 0 Å². The lowest BCUT2D eigenvalue weighted by Gasteiger charge is -2.32. The summed E-state index contributed by atoms with van der Waals surface area (Å²) in [6.07, 6.45) is 0.819. The second kappa shape index (κ2) is 7.37. The highest BCUT2D eigenvalue weighted by molar-refractivity contribution is 5.94. The summed E-state index contributed by atoms with van der Waals surface area (Å²) < 4.78 is 33.7. The van der Waals surface area contributed by atoms with Crippen LogP contribution in [0, 0.1) is 17.0 Å². The Morgan fingerprint density at radius 2 is 1.74 bits per heavy atom. The van der Waals surface area contributed by atoms with Crippen LogP contribution in [0.1, 0.15) is 12.0 Å². The third kappa shape index (κ3) is 3.73. The van der Waals surface area contributed by atoms with E-state index >= 15 is 0 Å². The number of anilines is 1. The van der Waals surface area contributed by atoms with Crippen molar-refractivity contribution in [1.29, 1.82) is 0 Å². The number of para-hydroxylation sites is 1. The van der Waals surface area contributed by atoms with Crippen molar-refractivity contribution in [3.05, 3.63) is 65.7 Å². The number of amides is 1. The highest BCUT2D eigenvalue weighted by Gasteiger charge is 2.43. The second-order valence-electron chi connectivity index (χ2n) is 7.47. The van der Waals surface area contributed by atoms with Crippen molar-refractivity contribution in [2.45, 2.75) is 13.0 Å². The van der Waals surface area contributed by atoms with E-state index in [1.54, 1.807) is 4.90 Å². The van der Waals surface area contributed by atoms with Gasteiger partial charge in [-0.05, 0) is 37.2 Å². The Morgan fingerprint density at radius 3 is 2.48 bits per heavy atom. The third-order valence-corrected chi connectivity index (χ3v) is 5.46. The number of carbonyl (C=O) groups excluding carboxylic acids is 1. The first-order chi connectivity index (χ1) is 13.1. The average molecular weight is 372 g/mol. The maximum absolute atomic E-state index is 14.0. The molecule has 4 rings (SSSR count). The minimum Gasteiger partial charge on any atom is -0.371 e. The number of halogens is 2. The molecule has 0 bridgehead atoms. The summed E-state index contributed by atoms with van der Waals surface area (Å²) in [4.78, 5) is 16.3. The van der Waals surface area contributed by atoms with Crippen LogP contribution in [0.15, 0.2) is 48.5 Å². The number of rotatable bonds is 3. The Balaban J connectivity index is 1.52. The van der Waals surface area contributed by atoms with Gasteiger partial charge in [0.2, 0.25) is 0 Å². The molecule has 1 spiro atoms. The molecule has 27 heavy (non-hydrogen) atoms. The fourth-order valence-electron chi connectivity index (χ4n) is 4.06. The first-order valence-corrected chi connectivity index (χ1v) is 9.15. The molecule has 2 heterocycles. The topological polar surface area (TPSA) is 32.8 Å². The molecule has 0 saturated carbocycles. The lowest BCUT2D eigenvalue weighted by molar-refractivity contribution is -0.122. The molecule has 0 radical (unpaired) electrons. The van der Waals surface area contributed by atoms with Crippen LogP contribution in [-0.2, 0) is 16.1 Å². The van der Waals surface area contributed by atoms with Gasteiger partial charge in [0, 0.05) is 36.3 Å². The summed E-state index contributed by atoms with van der Waals surface area (Å²) in [5.74, 6) is -1.10. The van der Waals surface area contributed by atoms with E-state index in [-0.39, 0.29) is 30.0 Å². The lowest BCUT2D eigenvalue weighted by atomic mass is 9.87. The molecule has 142 valence electrons. The number of hydrogen-bond acceptors (Lipinski definition) is 3. The van der Waals surface area contributed by atoms with E-state index in [4.69, 9.17) is 4.74 Å². The Hall–Kier alpha value is -2.31. The fourth-order valence-corrected chi connectivity index (χ4v) is 4.06. The van der Waals surface area contributed by atoms with Crippen LogP contribution in [0.4, 0.5) is 14.5 Å². The van der Waals surface area contributed by atoms with Gasteiger partial charge in [0.05, 0.1) is 6.61 Å². The van der Waals surface area contributed by atoms with Crippen molar-refractivity contribution in [2.24, 2.45) is 5.41 Å². The van der Waals surface area contributed by atoms with Crippen LogP contribution in [0.5, 0.6) is 0 Å². The Bertz CT molecular complexity index is 810. The Kier molecular flexibility index (Phi) is 4.93. The minimum absolute atomic E-state index is 0.0542. The van der Waals surface area contributed by atoms with Gasteiger partial charge in [-0.1, -0.05) is 24.3 Å². The van der Waals surface area contributed by atoms with Gasteiger partial charge in [-0.2, -0.15) is 0 Å². The predicted molar refractivity (Wildman–Crippen MR) is 98.3 cm³/mol. The van der Waals surface area contributed by atoms with Gasteiger partial charge in [-0.15, -0.1) is 0 Å². The zero-order valence-corrected chi connectivity index (χ0v) is 15.0. The maximum atomic E-state index is 14.0. The Labute approximate surface area is 157 Å². The van der Waals surface area contributed by atoms with Crippen LogP contribution in [0.3, 0.4) is 0 Å². The number of hydrogen-bond donors (Lipinski definition) is 0. The van der Waals surface area contributed by atoms with Gasteiger partial charge in [0.1, 0.15) is 18.2 Å². The molecule has 2 aromatic carbocycles. The van der Waals surface area contributed by atoms with Crippen LogP contribution in [0.25, 0.3) is 0 Å². The first-order valence-electron chi connectivity index (χ1n) is 9.15. The van der Waals surface area contributed by atoms with E-state index in [9.17, 15) is 13.6 Å². The van der Waals surface area contributed by atoms with Gasteiger partial charge in [-0.25, -0.2) is 8.78 Å². The molecular weight excluding hydrogens is 350 g/mol. The van der Waals surface area contributed by atoms with E-state index in [2.05, 4.69) is 0 Å². The standard InChI is InChI=1S/C21H22F2N2O2/c22-18-7-4-8-19(23)17(18)11-24-10-9-21(13-24)14-25(20(26)12-27-15-21)16-5-2-1-3-6-16/h1-8H,9-15H2. The van der Waals surface area contributed by atoms with Gasteiger partial charge in [-0.3, -0.25) is 9.69 Å². The minimum atomic E-state index is -0.519. The number of nitrogens with zero attached hydrogens (tertiary/aromatic N) is 2. The summed E-state index contributed by atoms with van der Waals surface area (Å²) in [6, 6.07) is 13.5. The summed E-state index contributed by atoms with van der Waals surface area (Å²) in [5, 5.41) is 0. The number of benzene rings is 2. The van der Waals surface area contributed by atoms with E-state index in [1.165, 1.54) is 18.2 Å². The molecule has 0 N–H and O–H groups in total. The molecule has 1 unspecified atom stereocenters. The molecule has 1 atom stereocenters. The summed E-state index contributed by atoms with van der Waals surface area (Å²) in [7, 11) is 0. The van der Waals surface area contributed by atoms with Crippen molar-refractivity contribution < 1.29 is 18.3 Å². The highest BCUT2D eigenvalue weighted by atomic mass is 19.1. The summed E-state index contributed by atoms with van der Waals surface area (Å²) >= 11 is 0. The fraction of sp³-hybridized carbons (Fsp3) is 0.381. The third-order valence-electron chi connectivity index (χ3n) is 5.46. The molecule has 4 nitrogen and oxygen atoms in total. The van der Waals surface area contributed by atoms with E-state index in [0.29, 0.717) is 26.2 Å². The van der Waals surface area contributed by atoms with Gasteiger partial charge in [0.15, 0.2) is 0 Å². The molecule has 2 aromatic rings. The van der Waals surface area contributed by atoms with Crippen LogP contribution < -0.4 is 4.90 Å². The van der Waals surface area contributed by atoms with Crippen LogP contribution in [-0.4, -0.2) is 43.7 Å². The second-order valence-corrected chi connectivity index (χ2v) is 7.47. The Morgan fingerprint density at radius 1 is 1.00 bits per heavy atom. The van der Waals surface area contributed by atoms with E-state index in [0.717, 1.165) is 12.1 Å². The monoisotopic (exact) mass is 372 g/mol. The molecular formula is C21H22F2N2O2. The quantitative estimate of drug-likeness (QED) is 0.829. The van der Waals surface area contributed by atoms with Gasteiger partial charge >= 0.3 is 0 Å². The number of likely N-dealkylation sites (tertiary alicyclic amines) is 1. The summed E-state index contributed by atoms with van der Waals surface area (Å²) in [6.45, 7) is 2.65. The molecule has 1 amide bonds. The number of carbonyl (C=O) groups is 1. The smallest absolute Gasteiger partial charge is 0.252 e. The molecule has 2 aliphatic rings. The highest BCUT2D eigenvalue weighted by Crippen LogP contribution is 2.36. The van der Waals surface area contributed by atoms with E-state index < -0.39 is 11.6 Å². The molecule has 0 aliphatic carbocycles. The van der Waals surface area contributed by atoms with Gasteiger partial charge < -0.3 is 9.64 Å². The zero-order chi connectivity index (χ0) is 18.9. The molecule has 0 aromatic heterocycles. The van der Waals surface area contributed by atoms with Crippen molar-refractivity contribution in [3.8, 4) is 0 Å². The predicted octanol–water partition coefficient (Wildman–Crippen LogP) is 3.22. The molecule has 6 heteroatoms. The van der Waals surface area contributed by atoms with Crippen molar-refractivity contribution in [3.63, 3.8) is 0 Å². The SMILES string of the molecule is O=C1COCC2(CCN(Cc3c(F)cccc3F)C2)CN1c1ccccc1. The maximum Gasteiger partial charge on any atom is 0.252 e. The number of ether oxygens (including phenoxy) is 1. The normalized spacial score (nSPS) is 23.8. The van der Waals surface area contributed by atoms with Crippen molar-refractivity contribution >= 4 is 11.6 Å². The first kappa shape index (κ1) is 18.1. The molecule has 2 fully saturated rings. The van der Waals surface area contributed by atoms with E-state index in [1.807, 2.05) is 35.2 Å². The summed E-state index contributed by atoms with van der Waals surface area (Å²) in [5.41, 5.74) is 0.718. The van der Waals surface area contributed by atoms with Crippen molar-refractivity contribution in [1.82, 2.24) is 4.90 Å². The molecule has 2 aliphatic heterocycles. The lowest BCUT2D eigenvalue weighted by Crippen LogP contribution is -2.42. The van der Waals surface area contributed by atoms with Crippen LogP contribution in [0.2, 0.25) is 0 Å². The van der Waals surface area contributed by atoms with Gasteiger partial charge in [0.25, 0.3) is 5.91 Å². The largest absolute Gasteiger partial charge is 0.371 e. The average Bonchev–Trinajstić information content (AvgIpc) is 2.98. The molecule has 2 saturated heterocycles.